The zero-order valence-corrected chi connectivity index (χ0v) is 23.6. The van der Waals surface area contributed by atoms with Gasteiger partial charge < -0.3 is 10.2 Å². The van der Waals surface area contributed by atoms with E-state index in [9.17, 15) is 22.4 Å². The summed E-state index contributed by atoms with van der Waals surface area (Å²) in [6.45, 7) is 5.82. The van der Waals surface area contributed by atoms with Gasteiger partial charge in [-0.05, 0) is 42.2 Å². The number of rotatable bonds is 12. The standard InChI is InChI=1S/C30H36FN3O4S/c1-22(2)19-32-30(36)28(17-24-11-6-5-7-12-24)33(20-25-13-8-10-23(3)16-25)29(35)21-34(39(4,37)38)27-15-9-14-26(31)18-27/h5-16,18,22,28H,17,19-21H2,1-4H3,(H,32,36)/t28-/m0/s1. The quantitative estimate of drug-likeness (QED) is 0.362. The minimum Gasteiger partial charge on any atom is -0.354 e. The summed E-state index contributed by atoms with van der Waals surface area (Å²) in [5.74, 6) is -1.33. The molecule has 3 aromatic carbocycles. The van der Waals surface area contributed by atoms with Crippen LogP contribution in [0.3, 0.4) is 0 Å². The molecule has 0 radical (unpaired) electrons. The zero-order chi connectivity index (χ0) is 28.6. The van der Waals surface area contributed by atoms with Crippen LogP contribution in [0.4, 0.5) is 10.1 Å². The highest BCUT2D eigenvalue weighted by Crippen LogP contribution is 2.21. The number of carbonyl (C=O) groups excluding carboxylic acids is 2. The molecule has 0 aliphatic carbocycles. The van der Waals surface area contributed by atoms with E-state index < -0.39 is 34.3 Å². The molecule has 3 rings (SSSR count). The van der Waals surface area contributed by atoms with Crippen LogP contribution in [0.1, 0.15) is 30.5 Å². The summed E-state index contributed by atoms with van der Waals surface area (Å²) in [4.78, 5) is 29.0. The Morgan fingerprint density at radius 3 is 2.21 bits per heavy atom. The first-order valence-corrected chi connectivity index (χ1v) is 14.7. The van der Waals surface area contributed by atoms with E-state index in [1.807, 2.05) is 75.4 Å². The van der Waals surface area contributed by atoms with Crippen LogP contribution < -0.4 is 9.62 Å². The van der Waals surface area contributed by atoms with E-state index in [-0.39, 0.29) is 30.5 Å². The molecule has 0 saturated heterocycles. The molecule has 0 heterocycles. The number of sulfonamides is 1. The number of aryl methyl sites for hydroxylation is 1. The summed E-state index contributed by atoms with van der Waals surface area (Å²) in [6, 6.07) is 21.1. The molecule has 0 bridgehead atoms. The van der Waals surface area contributed by atoms with Crippen LogP contribution in [0.2, 0.25) is 0 Å². The highest BCUT2D eigenvalue weighted by molar-refractivity contribution is 7.92. The third kappa shape index (κ3) is 8.92. The average molecular weight is 554 g/mol. The van der Waals surface area contributed by atoms with Crippen molar-refractivity contribution in [3.63, 3.8) is 0 Å². The molecule has 7 nitrogen and oxygen atoms in total. The Morgan fingerprint density at radius 2 is 1.59 bits per heavy atom. The second kappa shape index (κ2) is 13.4. The van der Waals surface area contributed by atoms with Crippen molar-refractivity contribution < 1.29 is 22.4 Å². The minimum atomic E-state index is -3.95. The molecular weight excluding hydrogens is 517 g/mol. The van der Waals surface area contributed by atoms with Crippen LogP contribution in [-0.2, 0) is 32.6 Å². The first-order chi connectivity index (χ1) is 18.4. The van der Waals surface area contributed by atoms with Gasteiger partial charge >= 0.3 is 0 Å². The fourth-order valence-electron chi connectivity index (χ4n) is 4.23. The SMILES string of the molecule is Cc1cccc(CN(C(=O)CN(c2cccc(F)c2)S(C)(=O)=O)[C@@H](Cc2ccccc2)C(=O)NCC(C)C)c1. The van der Waals surface area contributed by atoms with Crippen LogP contribution in [0.15, 0.2) is 78.9 Å². The fraction of sp³-hybridized carbons (Fsp3) is 0.333. The predicted molar refractivity (Wildman–Crippen MR) is 152 cm³/mol. The lowest BCUT2D eigenvalue weighted by Gasteiger charge is -2.33. The summed E-state index contributed by atoms with van der Waals surface area (Å²) in [6.07, 6.45) is 1.20. The molecule has 39 heavy (non-hydrogen) atoms. The van der Waals surface area contributed by atoms with Crippen molar-refractivity contribution in [1.29, 1.82) is 0 Å². The summed E-state index contributed by atoms with van der Waals surface area (Å²) < 4.78 is 40.3. The highest BCUT2D eigenvalue weighted by atomic mass is 32.2. The van der Waals surface area contributed by atoms with Gasteiger partial charge in [0.05, 0.1) is 11.9 Å². The van der Waals surface area contributed by atoms with Crippen molar-refractivity contribution in [2.24, 2.45) is 5.92 Å². The maximum atomic E-state index is 14.0. The average Bonchev–Trinajstić information content (AvgIpc) is 2.87. The maximum Gasteiger partial charge on any atom is 0.244 e. The number of nitrogens with one attached hydrogen (secondary N) is 1. The Bertz CT molecular complexity index is 1380. The number of benzene rings is 3. The maximum absolute atomic E-state index is 14.0. The second-order valence-electron chi connectivity index (χ2n) is 10.1. The van der Waals surface area contributed by atoms with E-state index in [2.05, 4.69) is 5.32 Å². The second-order valence-corrected chi connectivity index (χ2v) is 12.0. The Hall–Kier alpha value is -3.72. The molecule has 3 aromatic rings. The number of carbonyl (C=O) groups is 2. The largest absolute Gasteiger partial charge is 0.354 e. The number of hydrogen-bond donors (Lipinski definition) is 1. The van der Waals surface area contributed by atoms with Crippen molar-refractivity contribution >= 4 is 27.5 Å². The Kier molecular flexibility index (Phi) is 10.2. The van der Waals surface area contributed by atoms with Crippen LogP contribution in [0, 0.1) is 18.7 Å². The van der Waals surface area contributed by atoms with Gasteiger partial charge in [-0.15, -0.1) is 0 Å². The van der Waals surface area contributed by atoms with Crippen LogP contribution >= 0.6 is 0 Å². The lowest BCUT2D eigenvalue weighted by molar-refractivity contribution is -0.140. The molecule has 0 spiro atoms. The van der Waals surface area contributed by atoms with Crippen LogP contribution in [0.5, 0.6) is 0 Å². The molecule has 2 amide bonds. The highest BCUT2D eigenvalue weighted by Gasteiger charge is 2.33. The number of amides is 2. The van der Waals surface area contributed by atoms with E-state index in [1.54, 1.807) is 0 Å². The van der Waals surface area contributed by atoms with Gasteiger partial charge in [0, 0.05) is 19.5 Å². The number of hydrogen-bond acceptors (Lipinski definition) is 4. The lowest BCUT2D eigenvalue weighted by atomic mass is 10.0. The number of nitrogens with zero attached hydrogens (tertiary/aromatic N) is 2. The summed E-state index contributed by atoms with van der Waals surface area (Å²) in [5.41, 5.74) is 2.68. The molecule has 9 heteroatoms. The van der Waals surface area contributed by atoms with Gasteiger partial charge in [-0.3, -0.25) is 13.9 Å². The molecule has 0 aliphatic heterocycles. The molecule has 0 saturated carbocycles. The smallest absolute Gasteiger partial charge is 0.244 e. The van der Waals surface area contributed by atoms with Gasteiger partial charge in [0.1, 0.15) is 18.4 Å². The molecule has 0 aromatic heterocycles. The van der Waals surface area contributed by atoms with Crippen LogP contribution in [-0.4, -0.2) is 50.5 Å². The van der Waals surface area contributed by atoms with Gasteiger partial charge in [0.25, 0.3) is 0 Å². The van der Waals surface area contributed by atoms with E-state index >= 15 is 0 Å². The normalized spacial score (nSPS) is 12.2. The van der Waals surface area contributed by atoms with Crippen LogP contribution in [0.25, 0.3) is 0 Å². The van der Waals surface area contributed by atoms with E-state index in [0.717, 1.165) is 33.3 Å². The monoisotopic (exact) mass is 553 g/mol. The van der Waals surface area contributed by atoms with Gasteiger partial charge in [0.2, 0.25) is 21.8 Å². The summed E-state index contributed by atoms with van der Waals surface area (Å²) >= 11 is 0. The molecule has 0 fully saturated rings. The summed E-state index contributed by atoms with van der Waals surface area (Å²) in [7, 11) is -3.95. The molecule has 208 valence electrons. The fourth-order valence-corrected chi connectivity index (χ4v) is 5.07. The van der Waals surface area contributed by atoms with Gasteiger partial charge in [-0.25, -0.2) is 12.8 Å². The first-order valence-electron chi connectivity index (χ1n) is 12.8. The number of halogens is 1. The van der Waals surface area contributed by atoms with E-state index in [1.165, 1.54) is 23.1 Å². The Morgan fingerprint density at radius 1 is 0.923 bits per heavy atom. The first kappa shape index (κ1) is 29.8. The lowest BCUT2D eigenvalue weighted by Crippen LogP contribution is -2.53. The summed E-state index contributed by atoms with van der Waals surface area (Å²) in [5, 5.41) is 2.94. The molecule has 1 atom stereocenters. The topological polar surface area (TPSA) is 86.8 Å². The van der Waals surface area contributed by atoms with Gasteiger partial charge in [-0.2, -0.15) is 0 Å². The third-order valence-electron chi connectivity index (χ3n) is 6.17. The van der Waals surface area contributed by atoms with E-state index in [0.29, 0.717) is 6.54 Å². The predicted octanol–water partition coefficient (Wildman–Crippen LogP) is 4.31. The van der Waals surface area contributed by atoms with Gasteiger partial charge in [0.15, 0.2) is 0 Å². The third-order valence-corrected chi connectivity index (χ3v) is 7.31. The molecule has 1 N–H and O–H groups in total. The van der Waals surface area contributed by atoms with Crippen molar-refractivity contribution in [2.45, 2.75) is 39.8 Å². The van der Waals surface area contributed by atoms with Gasteiger partial charge in [-0.1, -0.05) is 80.1 Å². The Balaban J connectivity index is 2.05. The molecule has 0 aliphatic rings. The minimum absolute atomic E-state index is 0.0326. The van der Waals surface area contributed by atoms with Crippen molar-refractivity contribution in [1.82, 2.24) is 10.2 Å². The molecular formula is C30H36FN3O4S. The van der Waals surface area contributed by atoms with E-state index in [4.69, 9.17) is 0 Å². The van der Waals surface area contributed by atoms with Crippen molar-refractivity contribution in [3.05, 3.63) is 101 Å². The van der Waals surface area contributed by atoms with Crippen molar-refractivity contribution in [2.75, 3.05) is 23.7 Å². The van der Waals surface area contributed by atoms with Crippen molar-refractivity contribution in [3.8, 4) is 0 Å². The Labute approximate surface area is 230 Å². The zero-order valence-electron chi connectivity index (χ0n) is 22.8. The number of anilines is 1. The molecule has 0 unspecified atom stereocenters.